The van der Waals surface area contributed by atoms with Crippen molar-refractivity contribution in [3.63, 3.8) is 0 Å². The van der Waals surface area contributed by atoms with Crippen LogP contribution in [-0.4, -0.2) is 17.1 Å². The fourth-order valence-electron chi connectivity index (χ4n) is 0.707. The van der Waals surface area contributed by atoms with E-state index in [4.69, 9.17) is 10.6 Å². The molecule has 5 nitrogen and oxygen atoms in total. The molecule has 3 N–H and O–H groups in total. The number of nitrogen functional groups attached to an aromatic ring is 1. The van der Waals surface area contributed by atoms with Crippen LogP contribution in [0.1, 0.15) is 5.69 Å². The molecule has 0 amide bonds. The molecule has 0 spiro atoms. The second-order valence-corrected chi connectivity index (χ2v) is 2.03. The quantitative estimate of drug-likeness (QED) is 0.466. The molecule has 0 aliphatic heterocycles. The van der Waals surface area contributed by atoms with Gasteiger partial charge in [-0.3, -0.25) is 0 Å². The number of nitrogens with one attached hydrogen (secondary N) is 1. The first kappa shape index (κ1) is 7.74. The van der Waals surface area contributed by atoms with Gasteiger partial charge in [0.1, 0.15) is 5.82 Å². The molecule has 0 radical (unpaired) electrons. The maximum absolute atomic E-state index is 5.15. The van der Waals surface area contributed by atoms with Crippen LogP contribution in [0.5, 0.6) is 6.01 Å². The van der Waals surface area contributed by atoms with Crippen molar-refractivity contribution >= 4 is 5.82 Å². The number of anilines is 1. The summed E-state index contributed by atoms with van der Waals surface area (Å²) in [6.45, 7) is 1.84. The highest BCUT2D eigenvalue weighted by atomic mass is 16.5. The Bertz CT molecular complexity index is 228. The van der Waals surface area contributed by atoms with Crippen molar-refractivity contribution in [2.24, 2.45) is 5.84 Å². The summed E-state index contributed by atoms with van der Waals surface area (Å²) >= 11 is 0. The van der Waals surface area contributed by atoms with Gasteiger partial charge in [0.2, 0.25) is 0 Å². The number of nitrogens with two attached hydrogens (primary N) is 1. The SMILES string of the molecule is COc1nc(C)cc(NN)n1. The van der Waals surface area contributed by atoms with Crippen LogP contribution in [0, 0.1) is 6.92 Å². The maximum Gasteiger partial charge on any atom is 0.318 e. The van der Waals surface area contributed by atoms with Crippen LogP contribution in [0.2, 0.25) is 0 Å². The van der Waals surface area contributed by atoms with Gasteiger partial charge < -0.3 is 10.2 Å². The van der Waals surface area contributed by atoms with Gasteiger partial charge in [-0.15, -0.1) is 0 Å². The summed E-state index contributed by atoms with van der Waals surface area (Å²) in [4.78, 5) is 7.87. The van der Waals surface area contributed by atoms with Gasteiger partial charge in [0.05, 0.1) is 7.11 Å². The minimum absolute atomic E-state index is 0.318. The lowest BCUT2D eigenvalue weighted by molar-refractivity contribution is 0.379. The van der Waals surface area contributed by atoms with Gasteiger partial charge >= 0.3 is 6.01 Å². The van der Waals surface area contributed by atoms with E-state index in [9.17, 15) is 0 Å². The standard InChI is InChI=1S/C6H10N4O/c1-4-3-5(10-7)9-6(8-4)11-2/h3H,7H2,1-2H3,(H,8,9,10). The Morgan fingerprint density at radius 1 is 1.55 bits per heavy atom. The van der Waals surface area contributed by atoms with Gasteiger partial charge in [-0.05, 0) is 6.92 Å². The van der Waals surface area contributed by atoms with Crippen LogP contribution in [0.4, 0.5) is 5.82 Å². The smallest absolute Gasteiger partial charge is 0.318 e. The molecule has 0 aliphatic rings. The second-order valence-electron chi connectivity index (χ2n) is 2.03. The highest BCUT2D eigenvalue weighted by molar-refractivity contribution is 5.34. The molecule has 60 valence electrons. The first-order valence-corrected chi connectivity index (χ1v) is 3.12. The van der Waals surface area contributed by atoms with Gasteiger partial charge in [-0.1, -0.05) is 0 Å². The number of aromatic nitrogens is 2. The van der Waals surface area contributed by atoms with Gasteiger partial charge in [0, 0.05) is 11.8 Å². The normalized spacial score (nSPS) is 9.36. The third-order valence-electron chi connectivity index (χ3n) is 1.16. The zero-order valence-electron chi connectivity index (χ0n) is 6.46. The van der Waals surface area contributed by atoms with E-state index < -0.39 is 0 Å². The zero-order chi connectivity index (χ0) is 8.27. The molecule has 0 saturated carbocycles. The number of nitrogens with zero attached hydrogens (tertiary/aromatic N) is 2. The van der Waals surface area contributed by atoms with Crippen LogP contribution < -0.4 is 16.0 Å². The van der Waals surface area contributed by atoms with E-state index >= 15 is 0 Å². The molecule has 0 aliphatic carbocycles. The molecule has 11 heavy (non-hydrogen) atoms. The topological polar surface area (TPSA) is 73.1 Å². The molecule has 0 aromatic carbocycles. The molecule has 5 heteroatoms. The predicted octanol–water partition coefficient (Wildman–Crippen LogP) is 0.0792. The Morgan fingerprint density at radius 2 is 2.27 bits per heavy atom. The minimum atomic E-state index is 0.318. The summed E-state index contributed by atoms with van der Waals surface area (Å²) in [7, 11) is 1.51. The molecular weight excluding hydrogens is 144 g/mol. The molecule has 1 rings (SSSR count). The molecule has 1 aromatic heterocycles. The fourth-order valence-corrected chi connectivity index (χ4v) is 0.707. The third-order valence-corrected chi connectivity index (χ3v) is 1.16. The Hall–Kier alpha value is -1.36. The Morgan fingerprint density at radius 3 is 2.82 bits per heavy atom. The van der Waals surface area contributed by atoms with Crippen molar-refractivity contribution < 1.29 is 4.74 Å². The molecule has 0 fully saturated rings. The molecule has 1 heterocycles. The third kappa shape index (κ3) is 1.78. The van der Waals surface area contributed by atoms with Crippen LogP contribution in [0.25, 0.3) is 0 Å². The number of aryl methyl sites for hydroxylation is 1. The molecule has 1 aromatic rings. The summed E-state index contributed by atoms with van der Waals surface area (Å²) in [5.41, 5.74) is 3.22. The molecule has 0 atom stereocenters. The van der Waals surface area contributed by atoms with E-state index in [1.807, 2.05) is 6.92 Å². The summed E-state index contributed by atoms with van der Waals surface area (Å²) < 4.78 is 4.82. The Balaban J connectivity index is 3.02. The molecule has 0 unspecified atom stereocenters. The average molecular weight is 154 g/mol. The first-order chi connectivity index (χ1) is 5.26. The average Bonchev–Trinajstić information content (AvgIpc) is 2.03. The van der Waals surface area contributed by atoms with E-state index in [0.717, 1.165) is 5.69 Å². The predicted molar refractivity (Wildman–Crippen MR) is 41.1 cm³/mol. The highest BCUT2D eigenvalue weighted by Crippen LogP contribution is 2.08. The van der Waals surface area contributed by atoms with Crippen LogP contribution in [-0.2, 0) is 0 Å². The van der Waals surface area contributed by atoms with Crippen LogP contribution >= 0.6 is 0 Å². The van der Waals surface area contributed by atoms with E-state index in [2.05, 4.69) is 15.4 Å². The van der Waals surface area contributed by atoms with E-state index in [0.29, 0.717) is 11.8 Å². The lowest BCUT2D eigenvalue weighted by Crippen LogP contribution is -2.09. The van der Waals surface area contributed by atoms with Crippen molar-refractivity contribution in [1.29, 1.82) is 0 Å². The number of rotatable bonds is 2. The van der Waals surface area contributed by atoms with Crippen molar-refractivity contribution in [2.45, 2.75) is 6.92 Å². The highest BCUT2D eigenvalue weighted by Gasteiger charge is 1.98. The fraction of sp³-hybridized carbons (Fsp3) is 0.333. The maximum atomic E-state index is 5.15. The summed E-state index contributed by atoms with van der Waals surface area (Å²) in [6, 6.07) is 2.04. The van der Waals surface area contributed by atoms with Crippen LogP contribution in [0.3, 0.4) is 0 Å². The van der Waals surface area contributed by atoms with Crippen molar-refractivity contribution in [1.82, 2.24) is 9.97 Å². The van der Waals surface area contributed by atoms with Crippen molar-refractivity contribution in [3.8, 4) is 6.01 Å². The van der Waals surface area contributed by atoms with E-state index in [1.54, 1.807) is 6.07 Å². The number of hydrazine groups is 1. The van der Waals surface area contributed by atoms with Gasteiger partial charge in [0.15, 0.2) is 0 Å². The Kier molecular flexibility index (Phi) is 2.22. The number of hydrogen-bond acceptors (Lipinski definition) is 5. The summed E-state index contributed by atoms with van der Waals surface area (Å²) in [6.07, 6.45) is 0. The lowest BCUT2D eigenvalue weighted by atomic mass is 10.4. The Labute approximate surface area is 64.6 Å². The van der Waals surface area contributed by atoms with E-state index in [1.165, 1.54) is 7.11 Å². The first-order valence-electron chi connectivity index (χ1n) is 3.12. The molecule has 0 bridgehead atoms. The zero-order valence-corrected chi connectivity index (χ0v) is 6.46. The van der Waals surface area contributed by atoms with Crippen LogP contribution in [0.15, 0.2) is 6.07 Å². The largest absolute Gasteiger partial charge is 0.467 e. The van der Waals surface area contributed by atoms with Crippen molar-refractivity contribution in [3.05, 3.63) is 11.8 Å². The lowest BCUT2D eigenvalue weighted by Gasteiger charge is -2.02. The monoisotopic (exact) mass is 154 g/mol. The summed E-state index contributed by atoms with van der Waals surface area (Å²) in [5, 5.41) is 0. The number of hydrogen-bond donors (Lipinski definition) is 2. The minimum Gasteiger partial charge on any atom is -0.467 e. The number of ether oxygens (including phenoxy) is 1. The van der Waals surface area contributed by atoms with Crippen molar-refractivity contribution in [2.75, 3.05) is 12.5 Å². The molecular formula is C6H10N4O. The second kappa shape index (κ2) is 3.16. The van der Waals surface area contributed by atoms with Gasteiger partial charge in [0.25, 0.3) is 0 Å². The van der Waals surface area contributed by atoms with Gasteiger partial charge in [-0.2, -0.15) is 4.98 Å². The van der Waals surface area contributed by atoms with Gasteiger partial charge in [-0.25, -0.2) is 10.8 Å². The molecule has 0 saturated heterocycles. The summed E-state index contributed by atoms with van der Waals surface area (Å²) in [5.74, 6) is 5.70. The van der Waals surface area contributed by atoms with E-state index in [-0.39, 0.29) is 0 Å². The number of methoxy groups -OCH3 is 1.